The Morgan fingerprint density at radius 2 is 2.10 bits per heavy atom. The van der Waals surface area contributed by atoms with Gasteiger partial charge >= 0.3 is 0 Å². The lowest BCUT2D eigenvalue weighted by Crippen LogP contribution is -2.32. The van der Waals surface area contributed by atoms with Crippen molar-refractivity contribution in [3.8, 4) is 10.6 Å². The van der Waals surface area contributed by atoms with E-state index in [1.54, 1.807) is 35.6 Å². The number of carbonyl (C=O) groups is 2. The molecule has 29 heavy (non-hydrogen) atoms. The third kappa shape index (κ3) is 5.09. The molecule has 1 saturated heterocycles. The smallest absolute Gasteiger partial charge is 0.253 e. The van der Waals surface area contributed by atoms with Crippen molar-refractivity contribution in [1.82, 2.24) is 10.3 Å². The minimum Gasteiger partial charge on any atom is -0.376 e. The zero-order valence-corrected chi connectivity index (χ0v) is 17.4. The highest BCUT2D eigenvalue weighted by molar-refractivity contribution is 7.14. The van der Waals surface area contributed by atoms with Gasteiger partial charge in [-0.05, 0) is 36.4 Å². The molecule has 1 fully saturated rings. The molecule has 1 aromatic carbocycles. The Morgan fingerprint density at radius 3 is 2.90 bits per heavy atom. The largest absolute Gasteiger partial charge is 0.376 e. The Kier molecular flexibility index (Phi) is 6.33. The summed E-state index contributed by atoms with van der Waals surface area (Å²) in [7, 11) is 0. The number of ether oxygens (including phenoxy) is 1. The van der Waals surface area contributed by atoms with Crippen molar-refractivity contribution in [1.29, 1.82) is 0 Å². The number of nitrogens with one attached hydrogen (secondary N) is 2. The predicted octanol–water partition coefficient (Wildman–Crippen LogP) is 3.96. The van der Waals surface area contributed by atoms with E-state index in [4.69, 9.17) is 4.74 Å². The van der Waals surface area contributed by atoms with E-state index in [0.717, 1.165) is 30.0 Å². The second-order valence-corrected chi connectivity index (χ2v) is 8.41. The number of aromatic nitrogens is 1. The highest BCUT2D eigenvalue weighted by atomic mass is 32.1. The summed E-state index contributed by atoms with van der Waals surface area (Å²) in [5.74, 6) is -0.420. The molecule has 4 rings (SSSR count). The van der Waals surface area contributed by atoms with E-state index in [1.807, 2.05) is 22.2 Å². The molecule has 2 aromatic heterocycles. The summed E-state index contributed by atoms with van der Waals surface area (Å²) in [5.41, 5.74) is 2.72. The maximum atomic E-state index is 12.6. The number of thiazole rings is 1. The number of rotatable bonds is 7. The van der Waals surface area contributed by atoms with Crippen molar-refractivity contribution in [2.45, 2.75) is 25.4 Å². The molecule has 6 nitrogen and oxygen atoms in total. The van der Waals surface area contributed by atoms with Gasteiger partial charge in [-0.3, -0.25) is 9.59 Å². The monoisotopic (exact) mass is 427 g/mol. The molecule has 3 heterocycles. The molecule has 150 valence electrons. The fraction of sp³-hybridized carbons (Fsp3) is 0.286. The second kappa shape index (κ2) is 9.30. The lowest BCUT2D eigenvalue weighted by atomic mass is 10.1. The average Bonchev–Trinajstić information content (AvgIpc) is 3.48. The number of amides is 2. The molecule has 3 aromatic rings. The van der Waals surface area contributed by atoms with Crippen LogP contribution in [-0.2, 0) is 16.0 Å². The lowest BCUT2D eigenvalue weighted by molar-refractivity contribution is -0.115. The van der Waals surface area contributed by atoms with E-state index in [9.17, 15) is 9.59 Å². The fourth-order valence-corrected chi connectivity index (χ4v) is 4.69. The third-order valence-electron chi connectivity index (χ3n) is 4.62. The first kappa shape index (κ1) is 19.8. The molecule has 2 amide bonds. The van der Waals surface area contributed by atoms with Crippen molar-refractivity contribution >= 4 is 40.2 Å². The Balaban J connectivity index is 1.37. The Labute approximate surface area is 176 Å². The van der Waals surface area contributed by atoms with Gasteiger partial charge in [0.25, 0.3) is 5.91 Å². The average molecular weight is 428 g/mol. The molecule has 0 saturated carbocycles. The molecule has 8 heteroatoms. The zero-order valence-electron chi connectivity index (χ0n) is 15.7. The van der Waals surface area contributed by atoms with Crippen molar-refractivity contribution in [3.05, 3.63) is 57.7 Å². The normalized spacial score (nSPS) is 15.9. The quantitative estimate of drug-likeness (QED) is 0.598. The van der Waals surface area contributed by atoms with Crippen molar-refractivity contribution in [2.75, 3.05) is 18.5 Å². The zero-order chi connectivity index (χ0) is 20.1. The first-order valence-corrected chi connectivity index (χ1v) is 11.3. The molecular formula is C21H21N3O3S2. The summed E-state index contributed by atoms with van der Waals surface area (Å²) in [6.45, 7) is 1.23. The van der Waals surface area contributed by atoms with E-state index >= 15 is 0 Å². The second-order valence-electron chi connectivity index (χ2n) is 6.77. The molecule has 1 aliphatic heterocycles. The molecular weight excluding hydrogens is 406 g/mol. The summed E-state index contributed by atoms with van der Waals surface area (Å²) in [4.78, 5) is 29.6. The summed E-state index contributed by atoms with van der Waals surface area (Å²) in [6.07, 6.45) is 2.21. The first-order valence-electron chi connectivity index (χ1n) is 9.44. The Hall–Kier alpha value is -2.55. The number of anilines is 1. The minimum atomic E-state index is -0.218. The van der Waals surface area contributed by atoms with Crippen LogP contribution in [0.25, 0.3) is 10.6 Å². The van der Waals surface area contributed by atoms with Crippen LogP contribution in [0.3, 0.4) is 0 Å². The van der Waals surface area contributed by atoms with Crippen LogP contribution in [0.2, 0.25) is 0 Å². The number of thiophene rings is 1. The first-order chi connectivity index (χ1) is 14.2. The van der Waals surface area contributed by atoms with Crippen LogP contribution in [-0.4, -0.2) is 36.1 Å². The van der Waals surface area contributed by atoms with Gasteiger partial charge in [-0.2, -0.15) is 11.3 Å². The van der Waals surface area contributed by atoms with Crippen molar-refractivity contribution in [2.24, 2.45) is 0 Å². The van der Waals surface area contributed by atoms with Crippen molar-refractivity contribution < 1.29 is 14.3 Å². The van der Waals surface area contributed by atoms with Gasteiger partial charge in [0.1, 0.15) is 5.01 Å². The summed E-state index contributed by atoms with van der Waals surface area (Å²) in [6, 6.07) is 9.03. The van der Waals surface area contributed by atoms with Gasteiger partial charge in [0.15, 0.2) is 0 Å². The molecule has 1 aliphatic rings. The molecule has 1 atom stereocenters. The van der Waals surface area contributed by atoms with E-state index in [0.29, 0.717) is 23.5 Å². The maximum absolute atomic E-state index is 12.6. The van der Waals surface area contributed by atoms with Crippen LogP contribution in [0.4, 0.5) is 5.69 Å². The van der Waals surface area contributed by atoms with Gasteiger partial charge in [-0.25, -0.2) is 4.98 Å². The van der Waals surface area contributed by atoms with Gasteiger partial charge in [0.05, 0.1) is 29.5 Å². The van der Waals surface area contributed by atoms with Gasteiger partial charge in [0, 0.05) is 29.5 Å². The number of carbonyl (C=O) groups excluding carboxylic acids is 2. The van der Waals surface area contributed by atoms with Gasteiger partial charge in [0.2, 0.25) is 5.91 Å². The predicted molar refractivity (Wildman–Crippen MR) is 116 cm³/mol. The number of para-hydroxylation sites is 1. The van der Waals surface area contributed by atoms with Crippen LogP contribution in [0.15, 0.2) is 46.5 Å². The van der Waals surface area contributed by atoms with Gasteiger partial charge in [-0.15, -0.1) is 11.3 Å². The van der Waals surface area contributed by atoms with E-state index in [1.165, 1.54) is 11.3 Å². The third-order valence-corrected chi connectivity index (χ3v) is 6.25. The van der Waals surface area contributed by atoms with E-state index in [2.05, 4.69) is 15.6 Å². The SMILES string of the molecule is O=C(Cc1csc(-c2ccsc2)n1)Nc1ccccc1C(=O)NC[C@H]1CCCO1. The molecule has 0 bridgehead atoms. The Morgan fingerprint density at radius 1 is 1.21 bits per heavy atom. The maximum Gasteiger partial charge on any atom is 0.253 e. The van der Waals surface area contributed by atoms with Gasteiger partial charge in [-0.1, -0.05) is 12.1 Å². The summed E-state index contributed by atoms with van der Waals surface area (Å²) in [5, 5.41) is 12.6. The standard InChI is InChI=1S/C21H21N3O3S2/c25-19(10-15-13-29-21(23-15)14-7-9-28-12-14)24-18-6-2-1-5-17(18)20(26)22-11-16-4-3-8-27-16/h1-2,5-7,9,12-13,16H,3-4,8,10-11H2,(H,22,26)(H,24,25)/t16-/m1/s1. The van der Waals surface area contributed by atoms with Crippen LogP contribution in [0.5, 0.6) is 0 Å². The van der Waals surface area contributed by atoms with E-state index < -0.39 is 0 Å². The van der Waals surface area contributed by atoms with Crippen LogP contribution >= 0.6 is 22.7 Å². The van der Waals surface area contributed by atoms with Crippen molar-refractivity contribution in [3.63, 3.8) is 0 Å². The summed E-state index contributed by atoms with van der Waals surface area (Å²) >= 11 is 3.14. The summed E-state index contributed by atoms with van der Waals surface area (Å²) < 4.78 is 5.54. The number of hydrogen-bond donors (Lipinski definition) is 2. The highest BCUT2D eigenvalue weighted by Gasteiger charge is 2.19. The van der Waals surface area contributed by atoms with Crippen LogP contribution < -0.4 is 10.6 Å². The number of nitrogens with zero attached hydrogens (tertiary/aromatic N) is 1. The molecule has 0 spiro atoms. The van der Waals surface area contributed by atoms with Gasteiger partial charge < -0.3 is 15.4 Å². The minimum absolute atomic E-state index is 0.0720. The fourth-order valence-electron chi connectivity index (χ4n) is 3.16. The van der Waals surface area contributed by atoms with Crippen LogP contribution in [0.1, 0.15) is 28.9 Å². The topological polar surface area (TPSA) is 80.3 Å². The van der Waals surface area contributed by atoms with Crippen LogP contribution in [0, 0.1) is 0 Å². The molecule has 0 aliphatic carbocycles. The lowest BCUT2D eigenvalue weighted by Gasteiger charge is -2.13. The highest BCUT2D eigenvalue weighted by Crippen LogP contribution is 2.26. The number of benzene rings is 1. The number of hydrogen-bond acceptors (Lipinski definition) is 6. The Bertz CT molecular complexity index is 979. The molecule has 0 unspecified atom stereocenters. The molecule has 2 N–H and O–H groups in total. The molecule has 0 radical (unpaired) electrons. The van der Waals surface area contributed by atoms with E-state index in [-0.39, 0.29) is 24.3 Å².